The number of nitrogens with zero attached hydrogens (tertiary/aromatic N) is 2. The van der Waals surface area contributed by atoms with E-state index in [9.17, 15) is 9.18 Å². The molecule has 2 aromatic heterocycles. The van der Waals surface area contributed by atoms with Gasteiger partial charge < -0.3 is 5.73 Å². The number of carbonyl (C=O) groups is 1. The van der Waals surface area contributed by atoms with Crippen molar-refractivity contribution in [3.8, 4) is 5.82 Å². The molecule has 0 unspecified atom stereocenters. The second-order valence-corrected chi connectivity index (χ2v) is 5.01. The largest absolute Gasteiger partial charge is 0.366 e. The van der Waals surface area contributed by atoms with Gasteiger partial charge in [0.25, 0.3) is 5.91 Å². The predicted molar refractivity (Wildman–Crippen MR) is 79.3 cm³/mol. The van der Waals surface area contributed by atoms with Gasteiger partial charge in [-0.05, 0) is 31.2 Å². The van der Waals surface area contributed by atoms with Crippen LogP contribution in [0.2, 0.25) is 5.02 Å². The second kappa shape index (κ2) is 4.86. The molecule has 0 radical (unpaired) electrons. The molecule has 4 nitrogen and oxygen atoms in total. The molecule has 6 heteroatoms. The van der Waals surface area contributed by atoms with Gasteiger partial charge in [0.1, 0.15) is 11.6 Å². The Bertz CT molecular complexity index is 858. The molecule has 0 fully saturated rings. The van der Waals surface area contributed by atoms with Crippen molar-refractivity contribution in [1.29, 1.82) is 0 Å². The third-order valence-corrected chi connectivity index (χ3v) is 3.81. The Kier molecular flexibility index (Phi) is 3.14. The van der Waals surface area contributed by atoms with Crippen molar-refractivity contribution in [2.45, 2.75) is 6.92 Å². The molecule has 0 aliphatic carbocycles. The summed E-state index contributed by atoms with van der Waals surface area (Å²) < 4.78 is 15.4. The van der Waals surface area contributed by atoms with Crippen LogP contribution in [0, 0.1) is 12.7 Å². The van der Waals surface area contributed by atoms with Crippen molar-refractivity contribution in [2.24, 2.45) is 5.73 Å². The number of hydrogen-bond donors (Lipinski definition) is 1. The van der Waals surface area contributed by atoms with Crippen LogP contribution >= 0.6 is 11.6 Å². The Labute approximate surface area is 125 Å². The van der Waals surface area contributed by atoms with Crippen LogP contribution in [-0.4, -0.2) is 15.5 Å². The quantitative estimate of drug-likeness (QED) is 0.790. The Morgan fingerprint density at radius 3 is 2.76 bits per heavy atom. The van der Waals surface area contributed by atoms with E-state index in [0.29, 0.717) is 27.4 Å². The lowest BCUT2D eigenvalue weighted by atomic mass is 10.1. The number of pyridine rings is 1. The van der Waals surface area contributed by atoms with Crippen LogP contribution in [0.15, 0.2) is 36.5 Å². The molecular formula is C15H11ClFN3O. The zero-order valence-electron chi connectivity index (χ0n) is 11.1. The van der Waals surface area contributed by atoms with Crippen LogP contribution in [0.25, 0.3) is 16.7 Å². The highest BCUT2D eigenvalue weighted by molar-refractivity contribution is 6.37. The van der Waals surface area contributed by atoms with Crippen molar-refractivity contribution in [1.82, 2.24) is 9.55 Å². The number of halogens is 2. The van der Waals surface area contributed by atoms with E-state index in [4.69, 9.17) is 17.3 Å². The SMILES string of the molecule is Cc1c(Cl)c2cc(F)cc(C(N)=O)c2n1-c1ccccn1. The summed E-state index contributed by atoms with van der Waals surface area (Å²) in [5.74, 6) is -0.691. The van der Waals surface area contributed by atoms with Crippen molar-refractivity contribution in [3.63, 3.8) is 0 Å². The van der Waals surface area contributed by atoms with Gasteiger partial charge >= 0.3 is 0 Å². The molecule has 0 aliphatic rings. The van der Waals surface area contributed by atoms with E-state index in [0.717, 1.165) is 6.07 Å². The molecule has 3 aromatic rings. The minimum Gasteiger partial charge on any atom is -0.366 e. The molecule has 0 saturated heterocycles. The summed E-state index contributed by atoms with van der Waals surface area (Å²) in [4.78, 5) is 15.9. The Morgan fingerprint density at radius 2 is 2.14 bits per heavy atom. The average Bonchev–Trinajstić information content (AvgIpc) is 2.71. The van der Waals surface area contributed by atoms with E-state index in [1.165, 1.54) is 6.07 Å². The van der Waals surface area contributed by atoms with Gasteiger partial charge in [0.2, 0.25) is 0 Å². The summed E-state index contributed by atoms with van der Waals surface area (Å²) in [6, 6.07) is 7.77. The zero-order valence-corrected chi connectivity index (χ0v) is 11.9. The van der Waals surface area contributed by atoms with Crippen molar-refractivity contribution < 1.29 is 9.18 Å². The molecule has 106 valence electrons. The highest BCUT2D eigenvalue weighted by atomic mass is 35.5. The standard InChI is InChI=1S/C15H11ClFN3O/c1-8-13(16)10-6-9(17)7-11(15(18)21)14(10)20(8)12-4-2-3-5-19-12/h2-7H,1H3,(H2,18,21). The Morgan fingerprint density at radius 1 is 1.38 bits per heavy atom. The number of primary amides is 1. The first-order valence-electron chi connectivity index (χ1n) is 6.22. The van der Waals surface area contributed by atoms with Crippen molar-refractivity contribution >= 4 is 28.4 Å². The minimum absolute atomic E-state index is 0.0747. The summed E-state index contributed by atoms with van der Waals surface area (Å²) in [7, 11) is 0. The maximum absolute atomic E-state index is 13.7. The lowest BCUT2D eigenvalue weighted by molar-refractivity contribution is 0.100. The van der Waals surface area contributed by atoms with E-state index in [1.54, 1.807) is 29.8 Å². The van der Waals surface area contributed by atoms with Gasteiger partial charge in [0.15, 0.2) is 0 Å². The van der Waals surface area contributed by atoms with E-state index in [-0.39, 0.29) is 5.56 Å². The number of aromatic nitrogens is 2. The molecule has 0 atom stereocenters. The summed E-state index contributed by atoms with van der Waals surface area (Å²) in [5, 5.41) is 0.811. The molecule has 0 bridgehead atoms. The summed E-state index contributed by atoms with van der Waals surface area (Å²) in [5.41, 5.74) is 6.58. The molecule has 21 heavy (non-hydrogen) atoms. The van der Waals surface area contributed by atoms with Gasteiger partial charge in [0.05, 0.1) is 16.1 Å². The van der Waals surface area contributed by atoms with E-state index in [1.807, 2.05) is 6.07 Å². The van der Waals surface area contributed by atoms with E-state index < -0.39 is 11.7 Å². The lowest BCUT2D eigenvalue weighted by Crippen LogP contribution is -2.13. The fraction of sp³-hybridized carbons (Fsp3) is 0.0667. The Balaban J connectivity index is 2.50. The van der Waals surface area contributed by atoms with Gasteiger partial charge in [-0.25, -0.2) is 9.37 Å². The first-order valence-corrected chi connectivity index (χ1v) is 6.59. The van der Waals surface area contributed by atoms with Crippen LogP contribution < -0.4 is 5.73 Å². The molecule has 2 heterocycles. The first kappa shape index (κ1) is 13.6. The number of hydrogen-bond acceptors (Lipinski definition) is 2. The third kappa shape index (κ3) is 2.06. The number of benzene rings is 1. The number of fused-ring (bicyclic) bond motifs is 1. The maximum Gasteiger partial charge on any atom is 0.250 e. The van der Waals surface area contributed by atoms with Gasteiger partial charge in [0, 0.05) is 17.3 Å². The van der Waals surface area contributed by atoms with Gasteiger partial charge in [-0.3, -0.25) is 9.36 Å². The smallest absolute Gasteiger partial charge is 0.250 e. The van der Waals surface area contributed by atoms with Crippen LogP contribution in [-0.2, 0) is 0 Å². The summed E-state index contributed by atoms with van der Waals surface area (Å²) >= 11 is 6.28. The molecule has 0 aliphatic heterocycles. The molecule has 3 rings (SSSR count). The molecule has 0 saturated carbocycles. The van der Waals surface area contributed by atoms with E-state index >= 15 is 0 Å². The second-order valence-electron chi connectivity index (χ2n) is 4.64. The number of nitrogens with two attached hydrogens (primary N) is 1. The molecule has 1 amide bonds. The summed E-state index contributed by atoms with van der Waals surface area (Å²) in [6.45, 7) is 1.78. The third-order valence-electron chi connectivity index (χ3n) is 3.33. The molecular weight excluding hydrogens is 293 g/mol. The van der Waals surface area contributed by atoms with Crippen molar-refractivity contribution in [3.05, 3.63) is 58.6 Å². The average molecular weight is 304 g/mol. The highest BCUT2D eigenvalue weighted by Gasteiger charge is 2.20. The fourth-order valence-corrected chi connectivity index (χ4v) is 2.66. The zero-order chi connectivity index (χ0) is 15.1. The predicted octanol–water partition coefficient (Wildman–Crippen LogP) is 3.23. The monoisotopic (exact) mass is 303 g/mol. The number of amides is 1. The van der Waals surface area contributed by atoms with Gasteiger partial charge in [-0.2, -0.15) is 0 Å². The maximum atomic E-state index is 13.7. The lowest BCUT2D eigenvalue weighted by Gasteiger charge is -2.09. The fourth-order valence-electron chi connectivity index (χ4n) is 2.43. The van der Waals surface area contributed by atoms with Crippen LogP contribution in [0.4, 0.5) is 4.39 Å². The van der Waals surface area contributed by atoms with Crippen molar-refractivity contribution in [2.75, 3.05) is 0 Å². The van der Waals surface area contributed by atoms with Crippen LogP contribution in [0.1, 0.15) is 16.1 Å². The van der Waals surface area contributed by atoms with Crippen LogP contribution in [0.5, 0.6) is 0 Å². The van der Waals surface area contributed by atoms with Gasteiger partial charge in [-0.1, -0.05) is 17.7 Å². The van der Waals surface area contributed by atoms with Gasteiger partial charge in [-0.15, -0.1) is 0 Å². The normalized spacial score (nSPS) is 11.0. The number of carbonyl (C=O) groups excluding carboxylic acids is 1. The topological polar surface area (TPSA) is 60.9 Å². The molecule has 1 aromatic carbocycles. The molecule has 0 spiro atoms. The van der Waals surface area contributed by atoms with E-state index in [2.05, 4.69) is 4.98 Å². The summed E-state index contributed by atoms with van der Waals surface area (Å²) in [6.07, 6.45) is 1.63. The molecule has 2 N–H and O–H groups in total. The first-order chi connectivity index (χ1) is 10.0. The minimum atomic E-state index is -0.717. The Hall–Kier alpha value is -2.40. The highest BCUT2D eigenvalue weighted by Crippen LogP contribution is 2.34. The number of rotatable bonds is 2. The van der Waals surface area contributed by atoms with Crippen LogP contribution in [0.3, 0.4) is 0 Å².